The van der Waals surface area contributed by atoms with Crippen LogP contribution in [0.4, 0.5) is 10.1 Å². The lowest BCUT2D eigenvalue weighted by Crippen LogP contribution is -2.06. The maximum absolute atomic E-state index is 13.2. The Morgan fingerprint density at radius 3 is 2.67 bits per heavy atom. The maximum atomic E-state index is 13.2. The molecule has 1 heterocycles. The summed E-state index contributed by atoms with van der Waals surface area (Å²) in [7, 11) is 0. The van der Waals surface area contributed by atoms with Crippen molar-refractivity contribution < 1.29 is 9.13 Å². The zero-order valence-corrected chi connectivity index (χ0v) is 12.5. The molecule has 2 nitrogen and oxygen atoms in total. The number of hydrogen-bond donors (Lipinski definition) is 0. The van der Waals surface area contributed by atoms with E-state index in [0.29, 0.717) is 20.6 Å². The van der Waals surface area contributed by atoms with E-state index in [2.05, 4.69) is 49.0 Å². The van der Waals surface area contributed by atoms with E-state index in [1.54, 1.807) is 0 Å². The van der Waals surface area contributed by atoms with Crippen molar-refractivity contribution in [2.45, 2.75) is 18.9 Å². The van der Waals surface area contributed by atoms with Gasteiger partial charge in [0.2, 0.25) is 0 Å². The summed E-state index contributed by atoms with van der Waals surface area (Å²) in [5.41, 5.74) is 0.676. The van der Waals surface area contributed by atoms with Crippen molar-refractivity contribution in [3.63, 3.8) is 0 Å². The molecule has 1 aliphatic heterocycles. The number of benzene rings is 1. The molecule has 1 aliphatic carbocycles. The number of fused-ring (bicyclic) bond motifs is 1. The summed E-state index contributed by atoms with van der Waals surface area (Å²) in [6.07, 6.45) is 6.29. The monoisotopic (exact) mass is 373 g/mol. The fourth-order valence-corrected chi connectivity index (χ4v) is 3.59. The molecule has 0 aromatic heterocycles. The Morgan fingerprint density at radius 1 is 1.28 bits per heavy atom. The fraction of sp³-hybridized carbons (Fsp3) is 0.308. The van der Waals surface area contributed by atoms with Crippen LogP contribution in [0.3, 0.4) is 0 Å². The maximum Gasteiger partial charge on any atom is 0.189 e. The molecule has 18 heavy (non-hydrogen) atoms. The van der Waals surface area contributed by atoms with Crippen LogP contribution in [0.15, 0.2) is 38.2 Å². The number of allylic oxidation sites excluding steroid dienone is 1. The summed E-state index contributed by atoms with van der Waals surface area (Å²) < 4.78 is 20.2. The van der Waals surface area contributed by atoms with Crippen molar-refractivity contribution in [3.05, 3.63) is 39.0 Å². The van der Waals surface area contributed by atoms with Crippen molar-refractivity contribution >= 4 is 43.4 Å². The summed E-state index contributed by atoms with van der Waals surface area (Å²) >= 11 is 6.64. The van der Waals surface area contributed by atoms with E-state index >= 15 is 0 Å². The highest BCUT2D eigenvalue weighted by atomic mass is 79.9. The van der Waals surface area contributed by atoms with Gasteiger partial charge < -0.3 is 4.74 Å². The van der Waals surface area contributed by atoms with Crippen molar-refractivity contribution in [1.29, 1.82) is 0 Å². The van der Waals surface area contributed by atoms with Gasteiger partial charge in [-0.3, -0.25) is 0 Å². The minimum atomic E-state index is -0.301. The van der Waals surface area contributed by atoms with Crippen LogP contribution in [0.5, 0.6) is 0 Å². The second-order valence-electron chi connectivity index (χ2n) is 4.43. The molecule has 0 N–H and O–H groups in total. The van der Waals surface area contributed by atoms with Gasteiger partial charge in [0.1, 0.15) is 11.9 Å². The molecular formula is C13H10Br2FNO. The molecule has 1 saturated heterocycles. The smallest absolute Gasteiger partial charge is 0.189 e. The van der Waals surface area contributed by atoms with E-state index in [0.717, 1.165) is 18.7 Å². The summed E-state index contributed by atoms with van der Waals surface area (Å²) in [6, 6.07) is 2.81. The Hall–Kier alpha value is -0.680. The number of aliphatic imine (C=N–C) groups is 1. The zero-order chi connectivity index (χ0) is 12.7. The number of rotatable bonds is 1. The number of ether oxygens (including phenoxy) is 1. The molecule has 0 radical (unpaired) electrons. The SMILES string of the molecule is Fc1cc(Br)c(N=C2C[C@H]3CC=C[C@H]3O2)c(Br)c1. The van der Waals surface area contributed by atoms with Gasteiger partial charge >= 0.3 is 0 Å². The van der Waals surface area contributed by atoms with Crippen molar-refractivity contribution in [1.82, 2.24) is 0 Å². The molecule has 2 aliphatic rings. The molecule has 0 bridgehead atoms. The summed E-state index contributed by atoms with van der Waals surface area (Å²) in [5.74, 6) is 0.939. The highest BCUT2D eigenvalue weighted by Gasteiger charge is 2.33. The largest absolute Gasteiger partial charge is 0.473 e. The van der Waals surface area contributed by atoms with E-state index in [1.165, 1.54) is 12.1 Å². The van der Waals surface area contributed by atoms with Crippen molar-refractivity contribution in [3.8, 4) is 0 Å². The first kappa shape index (κ1) is 12.4. The molecule has 1 aromatic rings. The van der Waals surface area contributed by atoms with Gasteiger partial charge in [0, 0.05) is 21.3 Å². The van der Waals surface area contributed by atoms with Crippen LogP contribution < -0.4 is 0 Å². The molecule has 5 heteroatoms. The molecule has 3 rings (SSSR count). The standard InChI is InChI=1S/C13H10Br2FNO/c14-9-5-8(16)6-10(15)13(9)17-12-4-7-2-1-3-11(7)18-12/h1,3,5-7,11H,2,4H2/t7-,11-/m1/s1. The first-order chi connectivity index (χ1) is 8.63. The third-order valence-electron chi connectivity index (χ3n) is 3.16. The minimum absolute atomic E-state index is 0.168. The van der Waals surface area contributed by atoms with E-state index in [9.17, 15) is 4.39 Å². The Labute approximate surface area is 121 Å². The Morgan fingerprint density at radius 2 is 2.00 bits per heavy atom. The molecule has 1 fully saturated rings. The van der Waals surface area contributed by atoms with Crippen LogP contribution in [-0.4, -0.2) is 12.0 Å². The Balaban J connectivity index is 1.91. The second kappa shape index (κ2) is 4.78. The van der Waals surface area contributed by atoms with Gasteiger partial charge in [-0.15, -0.1) is 0 Å². The molecular weight excluding hydrogens is 365 g/mol. The van der Waals surface area contributed by atoms with Crippen LogP contribution in [-0.2, 0) is 4.74 Å². The molecule has 1 aromatic carbocycles. The topological polar surface area (TPSA) is 21.6 Å². The lowest BCUT2D eigenvalue weighted by Gasteiger charge is -2.06. The molecule has 0 spiro atoms. The predicted octanol–water partition coefficient (Wildman–Crippen LogP) is 4.75. The van der Waals surface area contributed by atoms with Crippen LogP contribution >= 0.6 is 31.9 Å². The normalized spacial score (nSPS) is 27.6. The average molecular weight is 375 g/mol. The summed E-state index contributed by atoms with van der Waals surface area (Å²) in [6.45, 7) is 0. The highest BCUT2D eigenvalue weighted by molar-refractivity contribution is 9.11. The van der Waals surface area contributed by atoms with Gasteiger partial charge in [-0.2, -0.15) is 0 Å². The molecule has 2 atom stereocenters. The minimum Gasteiger partial charge on any atom is -0.473 e. The molecule has 94 valence electrons. The fourth-order valence-electron chi connectivity index (χ4n) is 2.28. The van der Waals surface area contributed by atoms with Gasteiger partial charge in [0.15, 0.2) is 5.90 Å². The van der Waals surface area contributed by atoms with E-state index in [1.807, 2.05) is 0 Å². The van der Waals surface area contributed by atoms with Crippen molar-refractivity contribution in [2.75, 3.05) is 0 Å². The van der Waals surface area contributed by atoms with E-state index in [-0.39, 0.29) is 11.9 Å². The lowest BCUT2D eigenvalue weighted by atomic mass is 10.0. The van der Waals surface area contributed by atoms with Gasteiger partial charge in [0.25, 0.3) is 0 Å². The third-order valence-corrected chi connectivity index (χ3v) is 4.37. The number of hydrogen-bond acceptors (Lipinski definition) is 2. The molecule has 0 unspecified atom stereocenters. The van der Waals surface area contributed by atoms with Crippen LogP contribution in [0.25, 0.3) is 0 Å². The van der Waals surface area contributed by atoms with Gasteiger partial charge in [-0.25, -0.2) is 9.38 Å². The Bertz CT molecular complexity index is 533. The number of nitrogens with zero attached hydrogens (tertiary/aromatic N) is 1. The average Bonchev–Trinajstić information content (AvgIpc) is 2.83. The number of halogens is 3. The first-order valence-corrected chi connectivity index (χ1v) is 7.27. The molecule has 0 amide bonds. The summed E-state index contributed by atoms with van der Waals surface area (Å²) in [5, 5.41) is 0. The van der Waals surface area contributed by atoms with Crippen LogP contribution in [0.2, 0.25) is 0 Å². The van der Waals surface area contributed by atoms with Crippen LogP contribution in [0, 0.1) is 11.7 Å². The van der Waals surface area contributed by atoms with Crippen molar-refractivity contribution in [2.24, 2.45) is 10.9 Å². The predicted molar refractivity (Wildman–Crippen MR) is 75.6 cm³/mol. The second-order valence-corrected chi connectivity index (χ2v) is 6.14. The van der Waals surface area contributed by atoms with E-state index in [4.69, 9.17) is 4.74 Å². The summed E-state index contributed by atoms with van der Waals surface area (Å²) in [4.78, 5) is 4.48. The first-order valence-electron chi connectivity index (χ1n) is 5.69. The Kier molecular flexibility index (Phi) is 3.28. The van der Waals surface area contributed by atoms with Gasteiger partial charge in [0.05, 0.1) is 5.69 Å². The third kappa shape index (κ3) is 2.26. The van der Waals surface area contributed by atoms with Gasteiger partial charge in [-0.05, 0) is 56.5 Å². The zero-order valence-electron chi connectivity index (χ0n) is 9.37. The van der Waals surface area contributed by atoms with Gasteiger partial charge in [-0.1, -0.05) is 6.08 Å². The molecule has 0 saturated carbocycles. The highest BCUT2D eigenvalue weighted by Crippen LogP contribution is 2.38. The lowest BCUT2D eigenvalue weighted by molar-refractivity contribution is 0.234. The van der Waals surface area contributed by atoms with E-state index < -0.39 is 0 Å². The van der Waals surface area contributed by atoms with Crippen LogP contribution in [0.1, 0.15) is 12.8 Å². The quantitative estimate of drug-likeness (QED) is 0.650.